The molecule has 0 saturated carbocycles. The van der Waals surface area contributed by atoms with E-state index in [1.165, 1.54) is 20.7 Å². The first-order chi connectivity index (χ1) is 10.8. The molecule has 0 amide bonds. The van der Waals surface area contributed by atoms with E-state index in [2.05, 4.69) is 33.1 Å². The van der Waals surface area contributed by atoms with Crippen LogP contribution in [-0.2, 0) is 4.74 Å². The monoisotopic (exact) mass is 318 g/mol. The number of rotatable bonds is 2. The maximum absolute atomic E-state index is 5.48. The Hall–Kier alpha value is -1.37. The molecule has 2 fully saturated rings. The first-order valence-corrected chi connectivity index (χ1v) is 8.83. The van der Waals surface area contributed by atoms with Crippen molar-refractivity contribution in [1.82, 2.24) is 10.3 Å². The van der Waals surface area contributed by atoms with Gasteiger partial charge in [-0.05, 0) is 13.0 Å². The van der Waals surface area contributed by atoms with E-state index in [0.717, 1.165) is 58.3 Å². The summed E-state index contributed by atoms with van der Waals surface area (Å²) in [6.07, 6.45) is 1.96. The van der Waals surface area contributed by atoms with Crippen LogP contribution in [0, 0.1) is 6.92 Å². The molecule has 0 aliphatic carbocycles. The number of pyridine rings is 1. The van der Waals surface area contributed by atoms with Gasteiger partial charge in [0.25, 0.3) is 0 Å². The van der Waals surface area contributed by atoms with E-state index < -0.39 is 0 Å². The largest absolute Gasteiger partial charge is 0.378 e. The van der Waals surface area contributed by atoms with Gasteiger partial charge in [-0.15, -0.1) is 11.3 Å². The molecule has 4 heterocycles. The number of fused-ring (bicyclic) bond motifs is 1. The zero-order valence-electron chi connectivity index (χ0n) is 13.0. The number of hydrogen-bond donors (Lipinski definition) is 1. The maximum atomic E-state index is 5.48. The zero-order chi connectivity index (χ0) is 14.9. The van der Waals surface area contributed by atoms with Crippen LogP contribution in [-0.4, -0.2) is 57.5 Å². The molecule has 0 aromatic carbocycles. The van der Waals surface area contributed by atoms with Crippen molar-refractivity contribution in [3.8, 4) is 0 Å². The number of aryl methyl sites for hydroxylation is 1. The van der Waals surface area contributed by atoms with Gasteiger partial charge in [-0.1, -0.05) is 0 Å². The highest BCUT2D eigenvalue weighted by Crippen LogP contribution is 2.41. The van der Waals surface area contributed by atoms with E-state index in [0.29, 0.717) is 0 Å². The molecule has 22 heavy (non-hydrogen) atoms. The second kappa shape index (κ2) is 6.02. The number of piperazine rings is 1. The zero-order valence-corrected chi connectivity index (χ0v) is 13.8. The Bertz CT molecular complexity index is 659. The van der Waals surface area contributed by atoms with E-state index in [-0.39, 0.29) is 0 Å². The smallest absolute Gasteiger partial charge is 0.146 e. The Labute approximate surface area is 134 Å². The van der Waals surface area contributed by atoms with Crippen LogP contribution in [0.4, 0.5) is 11.5 Å². The first-order valence-electron chi connectivity index (χ1n) is 8.01. The van der Waals surface area contributed by atoms with Gasteiger partial charge in [-0.2, -0.15) is 0 Å². The van der Waals surface area contributed by atoms with E-state index >= 15 is 0 Å². The van der Waals surface area contributed by atoms with Crippen LogP contribution < -0.4 is 15.1 Å². The summed E-state index contributed by atoms with van der Waals surface area (Å²) in [6.45, 7) is 10.0. The lowest BCUT2D eigenvalue weighted by Crippen LogP contribution is -2.43. The third kappa shape index (κ3) is 2.45. The third-order valence-electron chi connectivity index (χ3n) is 4.47. The molecule has 118 valence electrons. The predicted octanol–water partition coefficient (Wildman–Crippen LogP) is 1.85. The fourth-order valence-corrected chi connectivity index (χ4v) is 4.59. The summed E-state index contributed by atoms with van der Waals surface area (Å²) in [6, 6.07) is 2.18. The quantitative estimate of drug-likeness (QED) is 0.915. The van der Waals surface area contributed by atoms with Crippen molar-refractivity contribution in [2.45, 2.75) is 6.92 Å². The number of nitrogens with zero attached hydrogens (tertiary/aromatic N) is 3. The number of hydrogen-bond acceptors (Lipinski definition) is 6. The summed E-state index contributed by atoms with van der Waals surface area (Å²) in [5, 5.41) is 4.80. The molecule has 5 nitrogen and oxygen atoms in total. The molecule has 1 N–H and O–H groups in total. The molecule has 0 spiro atoms. The lowest BCUT2D eigenvalue weighted by Gasteiger charge is -2.30. The van der Waals surface area contributed by atoms with Crippen LogP contribution >= 0.6 is 11.3 Å². The van der Waals surface area contributed by atoms with E-state index in [4.69, 9.17) is 4.74 Å². The highest BCUT2D eigenvalue weighted by atomic mass is 32.1. The van der Waals surface area contributed by atoms with Gasteiger partial charge in [0.05, 0.1) is 23.6 Å². The van der Waals surface area contributed by atoms with Crippen molar-refractivity contribution in [3.05, 3.63) is 17.1 Å². The highest BCUT2D eigenvalue weighted by molar-refractivity contribution is 7.20. The molecule has 0 unspecified atom stereocenters. The van der Waals surface area contributed by atoms with Crippen molar-refractivity contribution >= 4 is 32.9 Å². The highest BCUT2D eigenvalue weighted by Gasteiger charge is 2.22. The topological polar surface area (TPSA) is 40.6 Å². The first kappa shape index (κ1) is 14.2. The molecular formula is C16H22N4OS. The Balaban J connectivity index is 1.77. The van der Waals surface area contributed by atoms with Crippen molar-refractivity contribution < 1.29 is 4.74 Å². The average molecular weight is 318 g/mol. The SMILES string of the molecule is Cc1sc2c(N3CCOCC3)nccc2c1N1CCNCC1. The number of morpholine rings is 1. The molecule has 0 bridgehead atoms. The van der Waals surface area contributed by atoms with Crippen molar-refractivity contribution in [3.63, 3.8) is 0 Å². The van der Waals surface area contributed by atoms with Crippen molar-refractivity contribution in [2.24, 2.45) is 0 Å². The van der Waals surface area contributed by atoms with Crippen molar-refractivity contribution in [1.29, 1.82) is 0 Å². The molecule has 2 aromatic rings. The molecule has 0 atom stereocenters. The average Bonchev–Trinajstić information content (AvgIpc) is 2.92. The number of thiophene rings is 1. The van der Waals surface area contributed by atoms with Gasteiger partial charge in [0.1, 0.15) is 5.82 Å². The van der Waals surface area contributed by atoms with Crippen LogP contribution in [0.3, 0.4) is 0 Å². The van der Waals surface area contributed by atoms with E-state index in [9.17, 15) is 0 Å². The number of anilines is 2. The predicted molar refractivity (Wildman–Crippen MR) is 92.5 cm³/mol. The summed E-state index contributed by atoms with van der Waals surface area (Å²) in [5.74, 6) is 1.13. The number of nitrogens with one attached hydrogen (secondary N) is 1. The molecular weight excluding hydrogens is 296 g/mol. The lowest BCUT2D eigenvalue weighted by atomic mass is 10.2. The Morgan fingerprint density at radius 3 is 2.68 bits per heavy atom. The number of aromatic nitrogens is 1. The van der Waals surface area contributed by atoms with Crippen LogP contribution in [0.1, 0.15) is 4.88 Å². The summed E-state index contributed by atoms with van der Waals surface area (Å²) in [4.78, 5) is 11.0. The summed E-state index contributed by atoms with van der Waals surface area (Å²) in [7, 11) is 0. The van der Waals surface area contributed by atoms with Crippen LogP contribution in [0.2, 0.25) is 0 Å². The summed E-state index contributed by atoms with van der Waals surface area (Å²) < 4.78 is 6.81. The van der Waals surface area contributed by atoms with Crippen LogP contribution in [0.25, 0.3) is 10.1 Å². The third-order valence-corrected chi connectivity index (χ3v) is 5.58. The minimum Gasteiger partial charge on any atom is -0.378 e. The van der Waals surface area contributed by atoms with Crippen LogP contribution in [0.15, 0.2) is 12.3 Å². The Kier molecular flexibility index (Phi) is 3.90. The van der Waals surface area contributed by atoms with Gasteiger partial charge in [0.15, 0.2) is 0 Å². The van der Waals surface area contributed by atoms with Crippen molar-refractivity contribution in [2.75, 3.05) is 62.3 Å². The normalized spacial score (nSPS) is 19.9. The fourth-order valence-electron chi connectivity index (χ4n) is 3.40. The molecule has 0 radical (unpaired) electrons. The minimum atomic E-state index is 0.799. The van der Waals surface area contributed by atoms with Crippen LogP contribution in [0.5, 0.6) is 0 Å². The second-order valence-corrected chi connectivity index (χ2v) is 7.08. The molecule has 2 aliphatic heterocycles. The standard InChI is InChI=1S/C16H22N4OS/c1-12-14(19-6-4-17-5-7-19)13-2-3-18-16(15(13)22-12)20-8-10-21-11-9-20/h2-3,17H,4-11H2,1H3. The summed E-state index contributed by atoms with van der Waals surface area (Å²) in [5.41, 5.74) is 1.42. The van der Waals surface area contributed by atoms with Gasteiger partial charge in [-0.3, -0.25) is 0 Å². The van der Waals surface area contributed by atoms with Gasteiger partial charge in [0.2, 0.25) is 0 Å². The molecule has 2 aromatic heterocycles. The fraction of sp³-hybridized carbons (Fsp3) is 0.562. The summed E-state index contributed by atoms with van der Waals surface area (Å²) >= 11 is 1.89. The number of ether oxygens (including phenoxy) is 1. The van der Waals surface area contributed by atoms with Gasteiger partial charge < -0.3 is 19.9 Å². The minimum absolute atomic E-state index is 0.799. The van der Waals surface area contributed by atoms with E-state index in [1.807, 2.05) is 17.5 Å². The maximum Gasteiger partial charge on any atom is 0.146 e. The molecule has 2 aliphatic rings. The van der Waals surface area contributed by atoms with Gasteiger partial charge in [-0.25, -0.2) is 4.98 Å². The van der Waals surface area contributed by atoms with Gasteiger partial charge in [0, 0.05) is 55.7 Å². The molecule has 6 heteroatoms. The molecule has 4 rings (SSSR count). The second-order valence-electron chi connectivity index (χ2n) is 5.85. The Morgan fingerprint density at radius 2 is 1.91 bits per heavy atom. The lowest BCUT2D eigenvalue weighted by molar-refractivity contribution is 0.122. The van der Waals surface area contributed by atoms with E-state index in [1.54, 1.807) is 0 Å². The molecule has 2 saturated heterocycles. The van der Waals surface area contributed by atoms with Gasteiger partial charge >= 0.3 is 0 Å². The Morgan fingerprint density at radius 1 is 1.14 bits per heavy atom.